The lowest BCUT2D eigenvalue weighted by atomic mass is 9.79. The maximum Gasteiger partial charge on any atom is 0.332 e. The second-order valence-electron chi connectivity index (χ2n) is 6.80. The van der Waals surface area contributed by atoms with Gasteiger partial charge in [0.25, 0.3) is 0 Å². The molecule has 7 nitrogen and oxygen atoms in total. The lowest BCUT2D eigenvalue weighted by Crippen LogP contribution is -2.51. The van der Waals surface area contributed by atoms with Crippen molar-refractivity contribution in [3.8, 4) is 0 Å². The van der Waals surface area contributed by atoms with Gasteiger partial charge < -0.3 is 19.9 Å². The van der Waals surface area contributed by atoms with Crippen molar-refractivity contribution in [3.63, 3.8) is 0 Å². The molecule has 2 N–H and O–H groups in total. The van der Waals surface area contributed by atoms with E-state index in [9.17, 15) is 19.5 Å². The number of hydrogen-bond acceptors (Lipinski definition) is 5. The van der Waals surface area contributed by atoms with Gasteiger partial charge in [0.15, 0.2) is 0 Å². The minimum absolute atomic E-state index is 0.198. The number of hydrogen-bond donors (Lipinski definition) is 2. The van der Waals surface area contributed by atoms with Crippen molar-refractivity contribution in [3.05, 3.63) is 12.7 Å². The van der Waals surface area contributed by atoms with Gasteiger partial charge in [0, 0.05) is 13.0 Å². The summed E-state index contributed by atoms with van der Waals surface area (Å²) in [7, 11) is 1.50. The zero-order valence-corrected chi connectivity index (χ0v) is 14.3. The molecule has 0 aromatic heterocycles. The van der Waals surface area contributed by atoms with Gasteiger partial charge >= 0.3 is 11.9 Å². The van der Waals surface area contributed by atoms with Crippen molar-refractivity contribution in [2.45, 2.75) is 44.8 Å². The van der Waals surface area contributed by atoms with Crippen LogP contribution in [-0.4, -0.2) is 48.3 Å². The molecule has 2 saturated carbocycles. The summed E-state index contributed by atoms with van der Waals surface area (Å²) in [6.07, 6.45) is 2.30. The number of carboxylic acid groups (broad SMARTS) is 1. The Morgan fingerprint density at radius 1 is 1.38 bits per heavy atom. The molecule has 5 atom stereocenters. The molecule has 2 rings (SSSR count). The molecule has 134 valence electrons. The van der Waals surface area contributed by atoms with Gasteiger partial charge in [-0.15, -0.1) is 6.58 Å². The van der Waals surface area contributed by atoms with Gasteiger partial charge in [-0.1, -0.05) is 6.08 Å². The van der Waals surface area contributed by atoms with Crippen molar-refractivity contribution in [2.75, 3.05) is 13.7 Å². The molecule has 2 fully saturated rings. The van der Waals surface area contributed by atoms with Crippen molar-refractivity contribution >= 4 is 17.8 Å². The fraction of sp³-hybridized carbons (Fsp3) is 0.706. The fourth-order valence-electron chi connectivity index (χ4n) is 3.60. The van der Waals surface area contributed by atoms with E-state index in [0.29, 0.717) is 12.8 Å². The molecule has 0 bridgehead atoms. The van der Waals surface area contributed by atoms with E-state index in [1.807, 2.05) is 0 Å². The first-order valence-electron chi connectivity index (χ1n) is 8.13. The highest BCUT2D eigenvalue weighted by Gasteiger charge is 2.63. The summed E-state index contributed by atoms with van der Waals surface area (Å²) >= 11 is 0. The summed E-state index contributed by atoms with van der Waals surface area (Å²) in [6, 6.07) is 0. The van der Waals surface area contributed by atoms with Crippen LogP contribution in [0.15, 0.2) is 12.7 Å². The van der Waals surface area contributed by atoms with Gasteiger partial charge in [0.1, 0.15) is 5.54 Å². The molecule has 0 spiro atoms. The summed E-state index contributed by atoms with van der Waals surface area (Å²) in [4.78, 5) is 36.7. The second-order valence-corrected chi connectivity index (χ2v) is 6.80. The lowest BCUT2D eigenvalue weighted by molar-refractivity contribution is -0.155. The number of carbonyl (C=O) groups is 3. The molecule has 24 heavy (non-hydrogen) atoms. The van der Waals surface area contributed by atoms with Gasteiger partial charge in [0.2, 0.25) is 5.91 Å². The number of methoxy groups -OCH3 is 1. The van der Waals surface area contributed by atoms with Crippen molar-refractivity contribution in [1.29, 1.82) is 0 Å². The van der Waals surface area contributed by atoms with E-state index in [-0.39, 0.29) is 25.0 Å². The molecule has 0 aromatic rings. The van der Waals surface area contributed by atoms with Crippen LogP contribution in [0, 0.1) is 17.3 Å². The number of ether oxygens (including phenoxy) is 2. The van der Waals surface area contributed by atoms with Crippen LogP contribution in [-0.2, 0) is 23.9 Å². The molecular formula is C17H25NO6. The predicted octanol–water partition coefficient (Wildman–Crippen LogP) is 1.13. The molecule has 0 aromatic carbocycles. The zero-order chi connectivity index (χ0) is 18.1. The van der Waals surface area contributed by atoms with Crippen LogP contribution in [0.3, 0.4) is 0 Å². The molecule has 0 heterocycles. The van der Waals surface area contributed by atoms with Crippen molar-refractivity contribution < 1.29 is 29.0 Å². The average molecular weight is 339 g/mol. The Labute approximate surface area is 141 Å². The van der Waals surface area contributed by atoms with E-state index in [2.05, 4.69) is 11.9 Å². The maximum atomic E-state index is 12.8. The molecule has 0 aliphatic heterocycles. The molecule has 0 radical (unpaired) electrons. The molecule has 1 amide bonds. The normalized spacial score (nSPS) is 37.5. The molecule has 2 aliphatic carbocycles. The SMILES string of the molecule is C=CC1CC1(NC(=O)C1CC(OC)CC1(C)C(=O)O)C(=O)OCC. The number of carboxylic acids is 1. The van der Waals surface area contributed by atoms with Crippen LogP contribution < -0.4 is 5.32 Å². The van der Waals surface area contributed by atoms with Crippen LogP contribution in [0.5, 0.6) is 0 Å². The van der Waals surface area contributed by atoms with Crippen LogP contribution in [0.1, 0.15) is 33.1 Å². The molecule has 5 unspecified atom stereocenters. The fourth-order valence-corrected chi connectivity index (χ4v) is 3.60. The Morgan fingerprint density at radius 3 is 2.50 bits per heavy atom. The maximum absolute atomic E-state index is 12.8. The number of rotatable bonds is 7. The highest BCUT2D eigenvalue weighted by Crippen LogP contribution is 2.48. The average Bonchev–Trinajstić information content (AvgIpc) is 3.13. The Bertz CT molecular complexity index is 561. The van der Waals surface area contributed by atoms with E-state index in [4.69, 9.17) is 9.47 Å². The number of nitrogens with one attached hydrogen (secondary N) is 1. The van der Waals surface area contributed by atoms with E-state index in [1.54, 1.807) is 19.9 Å². The number of esters is 1. The van der Waals surface area contributed by atoms with Gasteiger partial charge in [-0.2, -0.15) is 0 Å². The van der Waals surface area contributed by atoms with E-state index < -0.39 is 34.7 Å². The van der Waals surface area contributed by atoms with E-state index >= 15 is 0 Å². The Hall–Kier alpha value is -1.89. The molecule has 7 heteroatoms. The molecule has 0 saturated heterocycles. The van der Waals surface area contributed by atoms with Gasteiger partial charge in [0.05, 0.1) is 24.0 Å². The third-order valence-electron chi connectivity index (χ3n) is 5.34. The van der Waals surface area contributed by atoms with Crippen LogP contribution in [0.2, 0.25) is 0 Å². The summed E-state index contributed by atoms with van der Waals surface area (Å²) in [5.74, 6) is -2.95. The summed E-state index contributed by atoms with van der Waals surface area (Å²) in [5, 5.41) is 12.3. The minimum atomic E-state index is -1.22. The monoisotopic (exact) mass is 339 g/mol. The highest BCUT2D eigenvalue weighted by molar-refractivity contribution is 5.95. The first kappa shape index (κ1) is 18.4. The third kappa shape index (κ3) is 2.92. The Balaban J connectivity index is 2.19. The van der Waals surface area contributed by atoms with Crippen LogP contribution in [0.25, 0.3) is 0 Å². The lowest BCUT2D eigenvalue weighted by Gasteiger charge is -2.27. The molecule has 2 aliphatic rings. The number of carbonyl (C=O) groups excluding carboxylic acids is 2. The van der Waals surface area contributed by atoms with Gasteiger partial charge in [-0.3, -0.25) is 9.59 Å². The second kappa shape index (κ2) is 6.55. The predicted molar refractivity (Wildman–Crippen MR) is 85.1 cm³/mol. The van der Waals surface area contributed by atoms with Crippen LogP contribution in [0.4, 0.5) is 0 Å². The Morgan fingerprint density at radius 2 is 2.04 bits per heavy atom. The van der Waals surface area contributed by atoms with Gasteiger partial charge in [-0.25, -0.2) is 4.79 Å². The summed E-state index contributed by atoms with van der Waals surface area (Å²) in [5.41, 5.74) is -2.33. The largest absolute Gasteiger partial charge is 0.481 e. The third-order valence-corrected chi connectivity index (χ3v) is 5.34. The topological polar surface area (TPSA) is 102 Å². The first-order valence-corrected chi connectivity index (χ1v) is 8.13. The van der Waals surface area contributed by atoms with Crippen molar-refractivity contribution in [2.24, 2.45) is 17.3 Å². The van der Waals surface area contributed by atoms with Crippen molar-refractivity contribution in [1.82, 2.24) is 5.32 Å². The first-order chi connectivity index (χ1) is 11.2. The summed E-state index contributed by atoms with van der Waals surface area (Å²) in [6.45, 7) is 7.13. The van der Waals surface area contributed by atoms with Gasteiger partial charge in [-0.05, 0) is 33.1 Å². The minimum Gasteiger partial charge on any atom is -0.481 e. The number of amides is 1. The standard InChI is InChI=1S/C17H25NO6/c1-5-10-8-17(10,15(22)24-6-2)18-13(19)12-7-11(23-4)9-16(12,3)14(20)21/h5,10-12H,1,6-9H2,2-4H3,(H,18,19)(H,20,21). The zero-order valence-electron chi connectivity index (χ0n) is 14.3. The smallest absolute Gasteiger partial charge is 0.332 e. The molecular weight excluding hydrogens is 314 g/mol. The van der Waals surface area contributed by atoms with E-state index in [1.165, 1.54) is 7.11 Å². The van der Waals surface area contributed by atoms with Crippen LogP contribution >= 0.6 is 0 Å². The quantitative estimate of drug-likeness (QED) is 0.532. The Kier molecular flexibility index (Phi) is 5.03. The summed E-state index contributed by atoms with van der Waals surface area (Å²) < 4.78 is 10.3. The number of aliphatic carboxylic acids is 1. The highest BCUT2D eigenvalue weighted by atomic mass is 16.5. The van der Waals surface area contributed by atoms with E-state index in [0.717, 1.165) is 0 Å².